The predicted octanol–water partition coefficient (Wildman–Crippen LogP) is 8.38. The molecule has 182 valence electrons. The van der Waals surface area contributed by atoms with Crippen LogP contribution in [0.2, 0.25) is 0 Å². The molecule has 33 heavy (non-hydrogen) atoms. The number of hydrogen-bond donors (Lipinski definition) is 0. The molecule has 0 heterocycles. The molecule has 0 spiro atoms. The van der Waals surface area contributed by atoms with Crippen molar-refractivity contribution in [1.82, 2.24) is 0 Å². The molecule has 0 aliphatic heterocycles. The van der Waals surface area contributed by atoms with Crippen molar-refractivity contribution in [3.8, 4) is 5.75 Å². The van der Waals surface area contributed by atoms with Gasteiger partial charge in [-0.05, 0) is 80.0 Å². The largest absolute Gasteiger partial charge is 0.491 e. The Morgan fingerprint density at radius 3 is 2.06 bits per heavy atom. The van der Waals surface area contributed by atoms with Crippen LogP contribution in [-0.4, -0.2) is 6.61 Å². The molecule has 0 N–H and O–H groups in total. The monoisotopic (exact) mass is 472 g/mol. The summed E-state index contributed by atoms with van der Waals surface area (Å²) in [5.41, 5.74) is -1.51. The highest BCUT2D eigenvalue weighted by molar-refractivity contribution is 5.39. The normalized spacial score (nSPS) is 19.0. The minimum Gasteiger partial charge on any atom is -0.491 e. The molecule has 2 aromatic carbocycles. The fourth-order valence-electron chi connectivity index (χ4n) is 4.93. The van der Waals surface area contributed by atoms with E-state index in [2.05, 4.69) is 6.92 Å². The molecular formula is C26H30F6O. The first kappa shape index (κ1) is 25.4. The molecule has 0 atom stereocenters. The highest BCUT2D eigenvalue weighted by atomic mass is 19.4. The molecule has 0 amide bonds. The van der Waals surface area contributed by atoms with E-state index in [9.17, 15) is 22.0 Å². The Hall–Kier alpha value is -2.18. The van der Waals surface area contributed by atoms with Gasteiger partial charge in [0.25, 0.3) is 0 Å². The van der Waals surface area contributed by atoms with E-state index >= 15 is 4.39 Å². The summed E-state index contributed by atoms with van der Waals surface area (Å²) in [5, 5.41) is 0. The maximum absolute atomic E-state index is 15.2. The van der Waals surface area contributed by atoms with Crippen molar-refractivity contribution in [3.05, 3.63) is 64.0 Å². The number of benzene rings is 2. The van der Waals surface area contributed by atoms with Crippen molar-refractivity contribution in [2.45, 2.75) is 77.3 Å². The number of alkyl halides is 3. The molecule has 0 unspecified atom stereocenters. The van der Waals surface area contributed by atoms with Crippen molar-refractivity contribution < 1.29 is 31.1 Å². The Bertz CT molecular complexity index is 945. The lowest BCUT2D eigenvalue weighted by atomic mass is 9.76. The zero-order valence-electron chi connectivity index (χ0n) is 19.0. The topological polar surface area (TPSA) is 9.23 Å². The Balaban J connectivity index is 1.83. The van der Waals surface area contributed by atoms with Gasteiger partial charge >= 0.3 is 6.18 Å². The zero-order valence-corrected chi connectivity index (χ0v) is 19.0. The van der Waals surface area contributed by atoms with E-state index in [-0.39, 0.29) is 47.8 Å². The van der Waals surface area contributed by atoms with Crippen LogP contribution in [0.3, 0.4) is 0 Å². The van der Waals surface area contributed by atoms with Crippen LogP contribution in [-0.2, 0) is 19.0 Å². The second kappa shape index (κ2) is 10.8. The van der Waals surface area contributed by atoms with Gasteiger partial charge < -0.3 is 4.74 Å². The number of aryl methyl sites for hydroxylation is 2. The molecule has 0 radical (unpaired) electrons. The van der Waals surface area contributed by atoms with E-state index in [1.165, 1.54) is 24.3 Å². The summed E-state index contributed by atoms with van der Waals surface area (Å²) in [4.78, 5) is 0. The van der Waals surface area contributed by atoms with Crippen LogP contribution >= 0.6 is 0 Å². The van der Waals surface area contributed by atoms with Crippen molar-refractivity contribution in [1.29, 1.82) is 0 Å². The van der Waals surface area contributed by atoms with E-state index in [4.69, 9.17) is 4.74 Å². The predicted molar refractivity (Wildman–Crippen MR) is 116 cm³/mol. The number of rotatable bonds is 8. The summed E-state index contributed by atoms with van der Waals surface area (Å²) in [6.07, 6.45) is -0.0482. The van der Waals surface area contributed by atoms with Crippen LogP contribution in [0.25, 0.3) is 0 Å². The molecule has 1 saturated carbocycles. The van der Waals surface area contributed by atoms with E-state index < -0.39 is 29.2 Å². The molecule has 3 rings (SSSR count). The highest BCUT2D eigenvalue weighted by Crippen LogP contribution is 2.42. The Kier molecular flexibility index (Phi) is 8.35. The minimum absolute atomic E-state index is 0.0807. The van der Waals surface area contributed by atoms with Gasteiger partial charge in [-0.1, -0.05) is 38.0 Å². The van der Waals surface area contributed by atoms with Gasteiger partial charge in [-0.15, -0.1) is 0 Å². The molecule has 1 aliphatic carbocycles. The van der Waals surface area contributed by atoms with Crippen LogP contribution in [0.15, 0.2) is 24.3 Å². The Labute approximate surface area is 191 Å². The second-order valence-electron chi connectivity index (χ2n) is 8.79. The summed E-state index contributed by atoms with van der Waals surface area (Å²) in [6.45, 7) is 3.88. The van der Waals surface area contributed by atoms with E-state index in [0.717, 1.165) is 25.7 Å². The quantitative estimate of drug-likeness (QED) is 0.351. The average Bonchev–Trinajstić information content (AvgIpc) is 2.76. The van der Waals surface area contributed by atoms with Crippen LogP contribution in [0.4, 0.5) is 26.3 Å². The maximum atomic E-state index is 15.2. The lowest BCUT2D eigenvalue weighted by molar-refractivity contribution is -0.140. The minimum atomic E-state index is -4.88. The SMILES string of the molecule is CCCC1CCC(c2ccc(CCc3ccc(OCC)c(F)c3F)c(C(F)(F)F)c2F)CC1. The van der Waals surface area contributed by atoms with Crippen molar-refractivity contribution in [2.24, 2.45) is 5.92 Å². The standard InChI is InChI=1S/C26H30F6O/c1-3-5-16-6-8-17(9-7-16)20-14-12-18(22(24(20)28)26(30,31)32)10-11-19-13-15-21(33-4-2)25(29)23(19)27/h12-17H,3-11H2,1-2H3. The van der Waals surface area contributed by atoms with Gasteiger partial charge in [0.1, 0.15) is 5.82 Å². The summed E-state index contributed by atoms with van der Waals surface area (Å²) < 4.78 is 90.1. The van der Waals surface area contributed by atoms with E-state index in [1.807, 2.05) is 0 Å². The highest BCUT2D eigenvalue weighted by Gasteiger charge is 2.39. The number of halogens is 6. The molecule has 0 saturated heterocycles. The average molecular weight is 473 g/mol. The maximum Gasteiger partial charge on any atom is 0.419 e. The third-order valence-electron chi connectivity index (χ3n) is 6.62. The smallest absolute Gasteiger partial charge is 0.419 e. The van der Waals surface area contributed by atoms with Crippen LogP contribution in [0.1, 0.15) is 80.5 Å². The molecule has 2 aromatic rings. The molecule has 7 heteroatoms. The molecule has 0 bridgehead atoms. The van der Waals surface area contributed by atoms with Crippen molar-refractivity contribution in [2.75, 3.05) is 6.61 Å². The van der Waals surface area contributed by atoms with Gasteiger partial charge in [-0.2, -0.15) is 17.6 Å². The number of hydrogen-bond acceptors (Lipinski definition) is 1. The van der Waals surface area contributed by atoms with Crippen LogP contribution in [0, 0.1) is 23.4 Å². The van der Waals surface area contributed by atoms with E-state index in [0.29, 0.717) is 18.8 Å². The molecule has 1 fully saturated rings. The first-order chi connectivity index (χ1) is 15.7. The Morgan fingerprint density at radius 2 is 1.45 bits per heavy atom. The van der Waals surface area contributed by atoms with Gasteiger partial charge in [0, 0.05) is 0 Å². The van der Waals surface area contributed by atoms with E-state index in [1.54, 1.807) is 6.92 Å². The summed E-state index contributed by atoms with van der Waals surface area (Å²) >= 11 is 0. The van der Waals surface area contributed by atoms with Gasteiger partial charge in [-0.25, -0.2) is 8.78 Å². The fourth-order valence-corrected chi connectivity index (χ4v) is 4.93. The molecular weight excluding hydrogens is 442 g/mol. The number of ether oxygens (including phenoxy) is 1. The van der Waals surface area contributed by atoms with Gasteiger partial charge in [0.05, 0.1) is 12.2 Å². The lowest BCUT2D eigenvalue weighted by Gasteiger charge is -2.29. The molecule has 0 aromatic heterocycles. The summed E-state index contributed by atoms with van der Waals surface area (Å²) in [5.74, 6) is -3.48. The third-order valence-corrected chi connectivity index (χ3v) is 6.62. The lowest BCUT2D eigenvalue weighted by Crippen LogP contribution is -2.19. The first-order valence-electron chi connectivity index (χ1n) is 11.6. The third kappa shape index (κ3) is 5.85. The fraction of sp³-hybridized carbons (Fsp3) is 0.538. The van der Waals surface area contributed by atoms with Gasteiger partial charge in [0.2, 0.25) is 5.82 Å². The van der Waals surface area contributed by atoms with Crippen LogP contribution < -0.4 is 4.74 Å². The van der Waals surface area contributed by atoms with Gasteiger partial charge in [-0.3, -0.25) is 0 Å². The first-order valence-corrected chi connectivity index (χ1v) is 11.6. The Morgan fingerprint density at radius 1 is 0.818 bits per heavy atom. The molecule has 1 aliphatic rings. The van der Waals surface area contributed by atoms with Crippen molar-refractivity contribution in [3.63, 3.8) is 0 Å². The molecule has 1 nitrogen and oxygen atoms in total. The summed E-state index contributed by atoms with van der Waals surface area (Å²) in [6, 6.07) is 5.28. The van der Waals surface area contributed by atoms with Gasteiger partial charge in [0.15, 0.2) is 11.6 Å². The zero-order chi connectivity index (χ0) is 24.2. The second-order valence-corrected chi connectivity index (χ2v) is 8.79. The van der Waals surface area contributed by atoms with Crippen LogP contribution in [0.5, 0.6) is 5.75 Å². The summed E-state index contributed by atoms with van der Waals surface area (Å²) in [7, 11) is 0. The van der Waals surface area contributed by atoms with Crippen molar-refractivity contribution >= 4 is 0 Å².